The first-order chi connectivity index (χ1) is 13.5. The van der Waals surface area contributed by atoms with E-state index < -0.39 is 17.9 Å². The Kier molecular flexibility index (Phi) is 4.63. The molecule has 6 heteroatoms. The molecular formula is C22H21FN2O3. The summed E-state index contributed by atoms with van der Waals surface area (Å²) >= 11 is 0. The molecular weight excluding hydrogens is 359 g/mol. The van der Waals surface area contributed by atoms with Crippen LogP contribution in [0.15, 0.2) is 59.8 Å². The first-order valence-electron chi connectivity index (χ1n) is 9.22. The van der Waals surface area contributed by atoms with Crippen molar-refractivity contribution in [1.29, 1.82) is 0 Å². The number of carbonyl (C=O) groups excluding carboxylic acids is 2. The third kappa shape index (κ3) is 3.05. The predicted octanol–water partition coefficient (Wildman–Crippen LogP) is 4.06. The van der Waals surface area contributed by atoms with Crippen LogP contribution in [-0.4, -0.2) is 18.9 Å². The lowest BCUT2D eigenvalue weighted by atomic mass is 9.75. The molecule has 3 atom stereocenters. The topological polar surface area (TPSA) is 67.4 Å². The van der Waals surface area contributed by atoms with E-state index in [4.69, 9.17) is 4.74 Å². The van der Waals surface area contributed by atoms with Crippen LogP contribution in [-0.2, 0) is 14.3 Å². The number of carbonyl (C=O) groups is 2. The van der Waals surface area contributed by atoms with Gasteiger partial charge in [-0.1, -0.05) is 31.2 Å². The van der Waals surface area contributed by atoms with Crippen LogP contribution in [0, 0.1) is 17.7 Å². The van der Waals surface area contributed by atoms with E-state index in [2.05, 4.69) is 10.6 Å². The first-order valence-corrected chi connectivity index (χ1v) is 9.22. The lowest BCUT2D eigenvalue weighted by Gasteiger charge is -2.32. The summed E-state index contributed by atoms with van der Waals surface area (Å²) in [6.45, 7) is 1.88. The van der Waals surface area contributed by atoms with E-state index in [1.807, 2.05) is 31.2 Å². The second-order valence-electron chi connectivity index (χ2n) is 7.24. The SMILES string of the molecule is COC(=O)[C@H]1C(=O)C2=C(C[C@@H]1C)Nc1ccccc1N[C@@H]2c1ccc(F)cc1. The minimum absolute atomic E-state index is 0.190. The summed E-state index contributed by atoms with van der Waals surface area (Å²) in [6.07, 6.45) is 0.536. The Morgan fingerprint density at radius 3 is 2.46 bits per heavy atom. The molecule has 0 unspecified atom stereocenters. The van der Waals surface area contributed by atoms with Crippen molar-refractivity contribution in [2.75, 3.05) is 17.7 Å². The number of esters is 1. The van der Waals surface area contributed by atoms with Crippen LogP contribution in [0.25, 0.3) is 0 Å². The summed E-state index contributed by atoms with van der Waals surface area (Å²) in [4.78, 5) is 25.7. The van der Waals surface area contributed by atoms with Gasteiger partial charge in [0, 0.05) is 11.3 Å². The van der Waals surface area contributed by atoms with Gasteiger partial charge in [0.2, 0.25) is 0 Å². The smallest absolute Gasteiger partial charge is 0.316 e. The normalized spacial score (nSPS) is 23.7. The molecule has 2 aromatic rings. The summed E-state index contributed by atoms with van der Waals surface area (Å²) in [5.41, 5.74) is 3.72. The van der Waals surface area contributed by atoms with Crippen molar-refractivity contribution in [2.45, 2.75) is 19.4 Å². The van der Waals surface area contributed by atoms with Crippen molar-refractivity contribution in [3.8, 4) is 0 Å². The van der Waals surface area contributed by atoms with Crippen LogP contribution in [0.5, 0.6) is 0 Å². The fourth-order valence-electron chi connectivity index (χ4n) is 4.04. The van der Waals surface area contributed by atoms with E-state index in [-0.39, 0.29) is 17.5 Å². The molecule has 2 aliphatic rings. The molecule has 144 valence electrons. The third-order valence-corrected chi connectivity index (χ3v) is 5.43. The number of ketones is 1. The minimum atomic E-state index is -0.850. The van der Waals surface area contributed by atoms with Crippen LogP contribution >= 0.6 is 0 Å². The molecule has 0 fully saturated rings. The van der Waals surface area contributed by atoms with Gasteiger partial charge in [-0.3, -0.25) is 9.59 Å². The number of hydrogen-bond donors (Lipinski definition) is 2. The van der Waals surface area contributed by atoms with E-state index in [0.29, 0.717) is 12.0 Å². The fourth-order valence-corrected chi connectivity index (χ4v) is 4.04. The van der Waals surface area contributed by atoms with Gasteiger partial charge in [-0.05, 0) is 42.2 Å². The molecule has 1 aliphatic carbocycles. The van der Waals surface area contributed by atoms with Crippen molar-refractivity contribution in [3.63, 3.8) is 0 Å². The maximum atomic E-state index is 13.5. The number of anilines is 2. The average Bonchev–Trinajstić information content (AvgIpc) is 2.85. The highest BCUT2D eigenvalue weighted by atomic mass is 19.1. The highest BCUT2D eigenvalue weighted by Crippen LogP contribution is 2.43. The Labute approximate surface area is 162 Å². The molecule has 1 heterocycles. The number of para-hydroxylation sites is 2. The standard InChI is InChI=1S/C22H21FN2O3/c1-12-11-17-19(21(26)18(12)22(27)28-2)20(13-7-9-14(23)10-8-13)25-16-6-4-3-5-15(16)24-17/h3-10,12,18,20,24-25H,11H2,1-2H3/t12-,18+,20+/m0/s1. The second kappa shape index (κ2) is 7.11. The van der Waals surface area contributed by atoms with Crippen LogP contribution in [0.2, 0.25) is 0 Å². The van der Waals surface area contributed by atoms with Gasteiger partial charge in [0.25, 0.3) is 0 Å². The van der Waals surface area contributed by atoms with Crippen LogP contribution in [0.1, 0.15) is 24.9 Å². The maximum Gasteiger partial charge on any atom is 0.316 e. The quantitative estimate of drug-likeness (QED) is 0.608. The predicted molar refractivity (Wildman–Crippen MR) is 104 cm³/mol. The molecule has 0 radical (unpaired) electrons. The molecule has 0 amide bonds. The summed E-state index contributed by atoms with van der Waals surface area (Å²) in [5.74, 6) is -2.17. The zero-order valence-corrected chi connectivity index (χ0v) is 15.7. The molecule has 2 N–H and O–H groups in total. The van der Waals surface area contributed by atoms with E-state index in [0.717, 1.165) is 22.6 Å². The number of ether oxygens (including phenoxy) is 1. The third-order valence-electron chi connectivity index (χ3n) is 5.43. The number of methoxy groups -OCH3 is 1. The van der Waals surface area contributed by atoms with Gasteiger partial charge in [0.15, 0.2) is 5.78 Å². The van der Waals surface area contributed by atoms with E-state index in [1.165, 1.54) is 19.2 Å². The molecule has 0 aromatic heterocycles. The molecule has 28 heavy (non-hydrogen) atoms. The lowest BCUT2D eigenvalue weighted by molar-refractivity contribution is -0.151. The van der Waals surface area contributed by atoms with Crippen LogP contribution < -0.4 is 10.6 Å². The van der Waals surface area contributed by atoms with Gasteiger partial charge < -0.3 is 15.4 Å². The van der Waals surface area contributed by atoms with Gasteiger partial charge in [0.05, 0.1) is 24.5 Å². The zero-order chi connectivity index (χ0) is 19.8. The number of Topliss-reactive ketones (excluding diaryl/α,β-unsaturated/α-hetero) is 1. The van der Waals surface area contributed by atoms with Gasteiger partial charge in [-0.2, -0.15) is 0 Å². The van der Waals surface area contributed by atoms with Crippen molar-refractivity contribution < 1.29 is 18.7 Å². The number of benzene rings is 2. The minimum Gasteiger partial charge on any atom is -0.468 e. The van der Waals surface area contributed by atoms with Crippen LogP contribution in [0.4, 0.5) is 15.8 Å². The Hall–Kier alpha value is -3.15. The molecule has 0 saturated carbocycles. The Bertz CT molecular complexity index is 968. The van der Waals surface area contributed by atoms with Gasteiger partial charge in [-0.15, -0.1) is 0 Å². The average molecular weight is 380 g/mol. The molecule has 0 bridgehead atoms. The number of allylic oxidation sites excluding steroid dienone is 1. The summed E-state index contributed by atoms with van der Waals surface area (Å²) < 4.78 is 18.4. The monoisotopic (exact) mass is 380 g/mol. The Balaban J connectivity index is 1.87. The summed E-state index contributed by atoms with van der Waals surface area (Å²) in [5, 5.41) is 6.78. The molecule has 2 aromatic carbocycles. The summed E-state index contributed by atoms with van der Waals surface area (Å²) in [7, 11) is 1.29. The first kappa shape index (κ1) is 18.2. The number of nitrogens with one attached hydrogen (secondary N) is 2. The Morgan fingerprint density at radius 2 is 1.79 bits per heavy atom. The van der Waals surface area contributed by atoms with Crippen molar-refractivity contribution in [3.05, 3.63) is 71.2 Å². The lowest BCUT2D eigenvalue weighted by Crippen LogP contribution is -2.39. The Morgan fingerprint density at radius 1 is 1.11 bits per heavy atom. The number of hydrogen-bond acceptors (Lipinski definition) is 5. The molecule has 4 rings (SSSR count). The fraction of sp³-hybridized carbons (Fsp3) is 0.273. The van der Waals surface area contributed by atoms with Crippen molar-refractivity contribution >= 4 is 23.1 Å². The highest BCUT2D eigenvalue weighted by molar-refractivity contribution is 6.11. The number of fused-ring (bicyclic) bond motifs is 1. The van der Waals surface area contributed by atoms with Gasteiger partial charge in [-0.25, -0.2) is 4.39 Å². The van der Waals surface area contributed by atoms with Crippen molar-refractivity contribution in [2.24, 2.45) is 11.8 Å². The zero-order valence-electron chi connectivity index (χ0n) is 15.7. The number of rotatable bonds is 2. The van der Waals surface area contributed by atoms with Gasteiger partial charge >= 0.3 is 5.97 Å². The second-order valence-corrected chi connectivity index (χ2v) is 7.24. The maximum absolute atomic E-state index is 13.5. The molecule has 5 nitrogen and oxygen atoms in total. The van der Waals surface area contributed by atoms with Gasteiger partial charge in [0.1, 0.15) is 11.7 Å². The number of halogens is 1. The largest absolute Gasteiger partial charge is 0.468 e. The molecule has 1 aliphatic heterocycles. The molecule has 0 spiro atoms. The van der Waals surface area contributed by atoms with Crippen LogP contribution in [0.3, 0.4) is 0 Å². The van der Waals surface area contributed by atoms with E-state index in [9.17, 15) is 14.0 Å². The summed E-state index contributed by atoms with van der Waals surface area (Å²) in [6, 6.07) is 13.2. The molecule has 0 saturated heterocycles. The van der Waals surface area contributed by atoms with E-state index in [1.54, 1.807) is 12.1 Å². The highest BCUT2D eigenvalue weighted by Gasteiger charge is 2.44. The van der Waals surface area contributed by atoms with E-state index >= 15 is 0 Å². The van der Waals surface area contributed by atoms with Crippen molar-refractivity contribution in [1.82, 2.24) is 0 Å².